The van der Waals surface area contributed by atoms with Crippen LogP contribution in [0.25, 0.3) is 0 Å². The quantitative estimate of drug-likeness (QED) is 0.565. The van der Waals surface area contributed by atoms with Gasteiger partial charge in [-0.05, 0) is 25.9 Å². The van der Waals surface area contributed by atoms with Crippen LogP contribution >= 0.6 is 0 Å². The lowest BCUT2D eigenvalue weighted by Gasteiger charge is -2.29. The molecule has 6 heteroatoms. The van der Waals surface area contributed by atoms with Gasteiger partial charge in [0.1, 0.15) is 0 Å². The molecule has 23 heavy (non-hydrogen) atoms. The van der Waals surface area contributed by atoms with Crippen LogP contribution in [0.15, 0.2) is 4.99 Å². The van der Waals surface area contributed by atoms with Crippen molar-refractivity contribution in [1.29, 1.82) is 0 Å². The Balaban J connectivity index is 2.45. The van der Waals surface area contributed by atoms with Crippen LogP contribution in [0.1, 0.15) is 34.1 Å². The highest BCUT2D eigenvalue weighted by atomic mass is 16.2. The summed E-state index contributed by atoms with van der Waals surface area (Å²) in [6, 6.07) is 0.279. The summed E-state index contributed by atoms with van der Waals surface area (Å²) in [4.78, 5) is 20.5. The van der Waals surface area contributed by atoms with E-state index in [0.717, 1.165) is 38.6 Å². The van der Waals surface area contributed by atoms with E-state index in [1.54, 1.807) is 7.05 Å². The average Bonchev–Trinajstić information content (AvgIpc) is 2.89. The van der Waals surface area contributed by atoms with Crippen LogP contribution in [0.3, 0.4) is 0 Å². The third-order valence-corrected chi connectivity index (χ3v) is 4.04. The predicted molar refractivity (Wildman–Crippen MR) is 96.7 cm³/mol. The fourth-order valence-electron chi connectivity index (χ4n) is 3.07. The summed E-state index contributed by atoms with van der Waals surface area (Å²) >= 11 is 0. The Kier molecular flexibility index (Phi) is 7.32. The normalized spacial score (nSPS) is 19.6. The summed E-state index contributed by atoms with van der Waals surface area (Å²) in [5, 5.41) is 6.86. The zero-order chi connectivity index (χ0) is 17.6. The minimum absolute atomic E-state index is 0.0676. The van der Waals surface area contributed by atoms with Crippen LogP contribution < -0.4 is 10.6 Å². The molecule has 0 saturated carbocycles. The average molecular weight is 326 g/mol. The molecule has 1 saturated heterocycles. The van der Waals surface area contributed by atoms with Gasteiger partial charge >= 0.3 is 0 Å². The Bertz CT molecular complexity index is 417. The molecule has 1 heterocycles. The lowest BCUT2D eigenvalue weighted by Crippen LogP contribution is -2.48. The largest absolute Gasteiger partial charge is 0.356 e. The number of aliphatic imine (C=N–C) groups is 1. The van der Waals surface area contributed by atoms with Gasteiger partial charge in [0.2, 0.25) is 5.91 Å². The second-order valence-corrected chi connectivity index (χ2v) is 7.90. The topological polar surface area (TPSA) is 60.0 Å². The molecule has 1 amide bonds. The summed E-state index contributed by atoms with van der Waals surface area (Å²) in [5.74, 6) is 1.13. The fraction of sp³-hybridized carbons (Fsp3) is 0.882. The minimum atomic E-state index is 0.0676. The third kappa shape index (κ3) is 6.77. The molecule has 1 unspecified atom stereocenters. The summed E-state index contributed by atoms with van der Waals surface area (Å²) in [6.45, 7) is 11.9. The first kappa shape index (κ1) is 19.7. The highest BCUT2D eigenvalue weighted by Gasteiger charge is 2.28. The third-order valence-electron chi connectivity index (χ3n) is 4.04. The van der Waals surface area contributed by atoms with Gasteiger partial charge in [-0.15, -0.1) is 0 Å². The zero-order valence-corrected chi connectivity index (χ0v) is 15.9. The highest BCUT2D eigenvalue weighted by molar-refractivity contribution is 5.81. The number of amides is 1. The lowest BCUT2D eigenvalue weighted by atomic mass is 9.93. The monoisotopic (exact) mass is 325 g/mol. The number of nitrogens with one attached hydrogen (secondary N) is 2. The van der Waals surface area contributed by atoms with E-state index in [1.807, 2.05) is 18.7 Å². The Labute approximate surface area is 141 Å². The van der Waals surface area contributed by atoms with Crippen LogP contribution in [-0.2, 0) is 4.79 Å². The summed E-state index contributed by atoms with van der Waals surface area (Å²) in [5.41, 5.74) is 0.163. The molecule has 0 aromatic carbocycles. The second-order valence-electron chi connectivity index (χ2n) is 7.90. The molecule has 0 spiro atoms. The number of guanidine groups is 1. The van der Waals surface area contributed by atoms with Gasteiger partial charge in [0.25, 0.3) is 0 Å². The number of hydrogen-bond donors (Lipinski definition) is 2. The van der Waals surface area contributed by atoms with Crippen LogP contribution in [0, 0.1) is 11.3 Å². The van der Waals surface area contributed by atoms with E-state index in [9.17, 15) is 4.79 Å². The van der Waals surface area contributed by atoms with Crippen molar-refractivity contribution < 1.29 is 4.79 Å². The molecule has 0 aromatic heterocycles. The number of carbonyl (C=O) groups excluding carboxylic acids is 1. The molecular weight excluding hydrogens is 290 g/mol. The smallest absolute Gasteiger partial charge is 0.225 e. The van der Waals surface area contributed by atoms with Gasteiger partial charge in [-0.1, -0.05) is 27.7 Å². The predicted octanol–water partition coefficient (Wildman–Crippen LogP) is 0.996. The fourth-order valence-corrected chi connectivity index (χ4v) is 3.07. The van der Waals surface area contributed by atoms with Crippen molar-refractivity contribution in [1.82, 2.24) is 20.4 Å². The molecule has 0 radical (unpaired) electrons. The Hall–Kier alpha value is -1.30. The van der Waals surface area contributed by atoms with Gasteiger partial charge in [-0.3, -0.25) is 9.79 Å². The van der Waals surface area contributed by atoms with Crippen molar-refractivity contribution in [3.8, 4) is 0 Å². The van der Waals surface area contributed by atoms with Crippen LogP contribution in [0.4, 0.5) is 0 Å². The van der Waals surface area contributed by atoms with Gasteiger partial charge in [0, 0.05) is 45.2 Å². The van der Waals surface area contributed by atoms with Crippen molar-refractivity contribution in [2.45, 2.75) is 40.2 Å². The van der Waals surface area contributed by atoms with Crippen LogP contribution in [0.2, 0.25) is 0 Å². The number of likely N-dealkylation sites (tertiary alicyclic amines) is 1. The van der Waals surface area contributed by atoms with E-state index >= 15 is 0 Å². The SMILES string of the molecule is CN=C(NCC(C)(C)CN(C)C)NC1CCN(C(=O)C(C)C)C1. The van der Waals surface area contributed by atoms with Gasteiger partial charge in [0.15, 0.2) is 5.96 Å². The van der Waals surface area contributed by atoms with Crippen LogP contribution in [0.5, 0.6) is 0 Å². The number of hydrogen-bond acceptors (Lipinski definition) is 3. The standard InChI is InChI=1S/C17H35N5O/c1-13(2)15(23)22-9-8-14(10-22)20-16(18-5)19-11-17(3,4)12-21(6)7/h13-14H,8-12H2,1-7H3,(H2,18,19,20). The first-order valence-corrected chi connectivity index (χ1v) is 8.55. The second kappa shape index (κ2) is 8.52. The zero-order valence-electron chi connectivity index (χ0n) is 15.9. The summed E-state index contributed by atoms with van der Waals surface area (Å²) in [7, 11) is 5.97. The molecule has 1 aliphatic heterocycles. The molecule has 1 atom stereocenters. The molecule has 0 aromatic rings. The maximum Gasteiger partial charge on any atom is 0.225 e. The van der Waals surface area contributed by atoms with E-state index in [4.69, 9.17) is 0 Å². The van der Waals surface area contributed by atoms with Gasteiger partial charge < -0.3 is 20.4 Å². The van der Waals surface area contributed by atoms with E-state index in [-0.39, 0.29) is 23.3 Å². The molecule has 0 aliphatic carbocycles. The first-order valence-electron chi connectivity index (χ1n) is 8.55. The van der Waals surface area contributed by atoms with Gasteiger partial charge in [-0.25, -0.2) is 0 Å². The molecule has 134 valence electrons. The molecule has 0 bridgehead atoms. The van der Waals surface area contributed by atoms with Crippen molar-refractivity contribution in [2.24, 2.45) is 16.3 Å². The Morgan fingerprint density at radius 3 is 2.57 bits per heavy atom. The van der Waals surface area contributed by atoms with Crippen LogP contribution in [-0.4, -0.2) is 75.0 Å². The molecule has 6 nitrogen and oxygen atoms in total. The van der Waals surface area contributed by atoms with Crippen molar-refractivity contribution in [2.75, 3.05) is 47.3 Å². The van der Waals surface area contributed by atoms with E-state index in [2.05, 4.69) is 48.5 Å². The Morgan fingerprint density at radius 2 is 2.04 bits per heavy atom. The lowest BCUT2D eigenvalue weighted by molar-refractivity contribution is -0.133. The number of rotatable bonds is 6. The first-order chi connectivity index (χ1) is 10.6. The molecule has 1 aliphatic rings. The Morgan fingerprint density at radius 1 is 1.39 bits per heavy atom. The minimum Gasteiger partial charge on any atom is -0.356 e. The molecule has 2 N–H and O–H groups in total. The maximum atomic E-state index is 12.1. The van der Waals surface area contributed by atoms with Crippen molar-refractivity contribution in [3.05, 3.63) is 0 Å². The highest BCUT2D eigenvalue weighted by Crippen LogP contribution is 2.15. The summed E-state index contributed by atoms with van der Waals surface area (Å²) in [6.07, 6.45) is 0.972. The number of carbonyl (C=O) groups is 1. The molecule has 1 fully saturated rings. The van der Waals surface area contributed by atoms with E-state index in [1.165, 1.54) is 0 Å². The van der Waals surface area contributed by atoms with Crippen molar-refractivity contribution in [3.63, 3.8) is 0 Å². The van der Waals surface area contributed by atoms with E-state index < -0.39 is 0 Å². The van der Waals surface area contributed by atoms with Gasteiger partial charge in [0.05, 0.1) is 0 Å². The molecule has 1 rings (SSSR count). The summed E-state index contributed by atoms with van der Waals surface area (Å²) < 4.78 is 0. The van der Waals surface area contributed by atoms with Gasteiger partial charge in [-0.2, -0.15) is 0 Å². The number of nitrogens with zero attached hydrogens (tertiary/aromatic N) is 3. The molecular formula is C17H35N5O. The van der Waals surface area contributed by atoms with Crippen molar-refractivity contribution >= 4 is 11.9 Å². The van der Waals surface area contributed by atoms with E-state index in [0.29, 0.717) is 0 Å². The maximum absolute atomic E-state index is 12.1.